The predicted molar refractivity (Wildman–Crippen MR) is 180 cm³/mol. The quantitative estimate of drug-likeness (QED) is 0.146. The van der Waals surface area contributed by atoms with E-state index in [1.165, 1.54) is 0 Å². The summed E-state index contributed by atoms with van der Waals surface area (Å²) in [5.41, 5.74) is 8.69. The Morgan fingerprint density at radius 1 is 0.432 bits per heavy atom. The number of alkyl halides is 2. The molecular weight excluding hydrogens is 591 g/mol. The fraction of sp³-hybridized carbons (Fsp3) is 0.368. The highest BCUT2D eigenvalue weighted by Gasteiger charge is 2.25. The summed E-state index contributed by atoms with van der Waals surface area (Å²) in [5.74, 6) is 1.05. The van der Waals surface area contributed by atoms with Crippen molar-refractivity contribution >= 4 is 23.2 Å². The molecule has 4 N–H and O–H groups in total. The van der Waals surface area contributed by atoms with Gasteiger partial charge in [0, 0.05) is 37.4 Å². The van der Waals surface area contributed by atoms with Crippen molar-refractivity contribution in [3.8, 4) is 23.0 Å². The van der Waals surface area contributed by atoms with Crippen molar-refractivity contribution in [2.45, 2.75) is 89.8 Å². The van der Waals surface area contributed by atoms with Gasteiger partial charge in [-0.2, -0.15) is 0 Å². The molecule has 0 fully saturated rings. The van der Waals surface area contributed by atoms with E-state index in [4.69, 9.17) is 23.2 Å². The molecule has 0 amide bonds. The number of benzene rings is 4. The molecule has 0 unspecified atom stereocenters. The Bertz CT molecular complexity index is 1520. The number of phenolic OH excluding ortho intramolecular Hbond substituents is 4. The van der Waals surface area contributed by atoms with Crippen LogP contribution in [-0.4, -0.2) is 20.4 Å². The zero-order valence-corrected chi connectivity index (χ0v) is 27.9. The first-order valence-corrected chi connectivity index (χ1v) is 16.2. The highest BCUT2D eigenvalue weighted by atomic mass is 35.5. The molecule has 44 heavy (non-hydrogen) atoms. The van der Waals surface area contributed by atoms with Crippen molar-refractivity contribution in [2.75, 3.05) is 0 Å². The lowest BCUT2D eigenvalue weighted by molar-refractivity contribution is 0.449. The Kier molecular flexibility index (Phi) is 8.65. The minimum absolute atomic E-state index is 0.129. The van der Waals surface area contributed by atoms with Crippen LogP contribution in [0.1, 0.15) is 108 Å². The second-order valence-electron chi connectivity index (χ2n) is 14.3. The Morgan fingerprint density at radius 3 is 0.818 bits per heavy atom. The van der Waals surface area contributed by atoms with Gasteiger partial charge < -0.3 is 20.4 Å². The van der Waals surface area contributed by atoms with E-state index in [2.05, 4.69) is 41.5 Å². The first kappa shape index (κ1) is 32.1. The number of halogens is 2. The summed E-state index contributed by atoms with van der Waals surface area (Å²) in [4.78, 5) is 0. The van der Waals surface area contributed by atoms with Gasteiger partial charge in [0.05, 0.1) is 0 Å². The molecule has 0 saturated heterocycles. The van der Waals surface area contributed by atoms with Gasteiger partial charge in [-0.1, -0.05) is 90.1 Å². The summed E-state index contributed by atoms with van der Waals surface area (Å²) in [7, 11) is 0. The van der Waals surface area contributed by atoms with Crippen LogP contribution in [0.5, 0.6) is 23.0 Å². The van der Waals surface area contributed by atoms with Gasteiger partial charge in [-0.25, -0.2) is 0 Å². The average molecular weight is 634 g/mol. The largest absolute Gasteiger partial charge is 0.507 e. The smallest absolute Gasteiger partial charge is 0.122 e. The summed E-state index contributed by atoms with van der Waals surface area (Å²) in [6.07, 6.45) is 1.13. The Balaban J connectivity index is 1.84. The van der Waals surface area contributed by atoms with E-state index in [0.29, 0.717) is 44.5 Å². The van der Waals surface area contributed by atoms with Crippen LogP contribution in [0.3, 0.4) is 0 Å². The van der Waals surface area contributed by atoms with Gasteiger partial charge >= 0.3 is 0 Å². The normalized spacial score (nSPS) is 13.6. The fourth-order valence-corrected chi connectivity index (χ4v) is 6.41. The van der Waals surface area contributed by atoms with Crippen molar-refractivity contribution in [3.63, 3.8) is 0 Å². The fourth-order valence-electron chi connectivity index (χ4n) is 6.10. The van der Waals surface area contributed by atoms with E-state index in [9.17, 15) is 20.4 Å². The van der Waals surface area contributed by atoms with Crippen molar-refractivity contribution < 1.29 is 20.4 Å². The number of hydrogen-bond acceptors (Lipinski definition) is 4. The van der Waals surface area contributed by atoms with Gasteiger partial charge in [-0.3, -0.25) is 0 Å². The maximum atomic E-state index is 11.6. The van der Waals surface area contributed by atoms with Gasteiger partial charge in [0.15, 0.2) is 0 Å². The van der Waals surface area contributed by atoms with E-state index in [1.54, 1.807) is 0 Å². The molecule has 4 aromatic rings. The van der Waals surface area contributed by atoms with Crippen LogP contribution in [0.2, 0.25) is 0 Å². The summed E-state index contributed by atoms with van der Waals surface area (Å²) >= 11 is 12.7. The van der Waals surface area contributed by atoms with Crippen molar-refractivity contribution in [2.24, 2.45) is 0 Å². The molecule has 0 radical (unpaired) electrons. The molecule has 5 rings (SSSR count). The van der Waals surface area contributed by atoms with Crippen LogP contribution < -0.4 is 0 Å². The van der Waals surface area contributed by atoms with Crippen LogP contribution in [0, 0.1) is 0 Å². The average Bonchev–Trinajstić information content (AvgIpc) is 2.94. The Hall–Kier alpha value is -3.34. The van der Waals surface area contributed by atoms with E-state index in [-0.39, 0.29) is 71.3 Å². The molecule has 232 valence electrons. The lowest BCUT2D eigenvalue weighted by Gasteiger charge is -2.25. The third kappa shape index (κ3) is 6.39. The molecule has 1 aliphatic carbocycles. The number of hydrogen-bond donors (Lipinski definition) is 4. The summed E-state index contributed by atoms with van der Waals surface area (Å²) in [6.45, 7) is 12.7. The Labute approximate surface area is 270 Å². The highest BCUT2D eigenvalue weighted by molar-refractivity contribution is 6.17. The highest BCUT2D eigenvalue weighted by Crippen LogP contribution is 2.41. The molecule has 8 bridgehead atoms. The van der Waals surface area contributed by atoms with E-state index in [1.807, 2.05) is 48.5 Å². The second-order valence-corrected chi connectivity index (χ2v) is 14.8. The number of rotatable bonds is 2. The number of phenols is 4. The van der Waals surface area contributed by atoms with Crippen LogP contribution >= 0.6 is 23.2 Å². The van der Waals surface area contributed by atoms with Gasteiger partial charge in [-0.05, 0) is 77.6 Å². The number of aromatic hydroxyl groups is 4. The molecule has 1 aliphatic rings. The SMILES string of the molecule is CC(C)(C)c1cc2c(O)c(c1)Cc1cc(CCl)cc(c1O)Cc1cc(C(C)(C)C)cc(c1O)Cc1cc(CCl)cc(c1O)C2. The van der Waals surface area contributed by atoms with Crippen LogP contribution in [0.15, 0.2) is 48.5 Å². The van der Waals surface area contributed by atoms with Crippen LogP contribution in [0.25, 0.3) is 0 Å². The van der Waals surface area contributed by atoms with Crippen LogP contribution in [0.4, 0.5) is 0 Å². The maximum Gasteiger partial charge on any atom is 0.122 e. The van der Waals surface area contributed by atoms with Gasteiger partial charge in [-0.15, -0.1) is 23.2 Å². The molecule has 0 atom stereocenters. The van der Waals surface area contributed by atoms with Gasteiger partial charge in [0.1, 0.15) is 23.0 Å². The maximum absolute atomic E-state index is 11.6. The molecule has 4 aromatic carbocycles. The molecular formula is C38H42Cl2O4. The first-order chi connectivity index (χ1) is 20.6. The molecule has 6 heteroatoms. The summed E-state index contributed by atoms with van der Waals surface area (Å²) < 4.78 is 0. The van der Waals surface area contributed by atoms with E-state index < -0.39 is 0 Å². The Morgan fingerprint density at radius 2 is 0.636 bits per heavy atom. The zero-order valence-electron chi connectivity index (χ0n) is 26.4. The summed E-state index contributed by atoms with van der Waals surface area (Å²) in [6, 6.07) is 15.5. The molecule has 0 aliphatic heterocycles. The minimum atomic E-state index is -0.209. The lowest BCUT2D eigenvalue weighted by Crippen LogP contribution is -2.13. The third-order valence-corrected chi connectivity index (χ3v) is 9.37. The van der Waals surface area contributed by atoms with Crippen molar-refractivity contribution in [1.82, 2.24) is 0 Å². The molecule has 0 aromatic heterocycles. The standard InChI is InChI=1S/C38H42Cl2O4/c1-37(2,3)31-15-27-11-23-7-21(19-39)9-25(33(23)41)13-29-17-32(38(4,5)6)18-30(36(29)44)14-26-10-22(20-40)8-24(34(26)42)12-28(16-31)35(27)43/h7-10,15-18,41-44H,11-14,19-20H2,1-6H3. The molecule has 0 heterocycles. The zero-order chi connectivity index (χ0) is 32.1. The van der Waals surface area contributed by atoms with Crippen molar-refractivity contribution in [1.29, 1.82) is 0 Å². The number of fused-ring (bicyclic) bond motifs is 8. The first-order valence-electron chi connectivity index (χ1n) is 15.1. The topological polar surface area (TPSA) is 80.9 Å². The second kappa shape index (κ2) is 11.9. The van der Waals surface area contributed by atoms with Crippen molar-refractivity contribution in [3.05, 3.63) is 115 Å². The minimum Gasteiger partial charge on any atom is -0.507 e. The monoisotopic (exact) mass is 632 g/mol. The van der Waals surface area contributed by atoms with E-state index in [0.717, 1.165) is 22.3 Å². The summed E-state index contributed by atoms with van der Waals surface area (Å²) in [5, 5.41) is 46.5. The van der Waals surface area contributed by atoms with Crippen LogP contribution in [-0.2, 0) is 48.3 Å². The lowest BCUT2D eigenvalue weighted by atomic mass is 9.81. The molecule has 0 spiro atoms. The van der Waals surface area contributed by atoms with Gasteiger partial charge in [0.2, 0.25) is 0 Å². The molecule has 0 saturated carbocycles. The van der Waals surface area contributed by atoms with Gasteiger partial charge in [0.25, 0.3) is 0 Å². The van der Waals surface area contributed by atoms with E-state index >= 15 is 0 Å². The third-order valence-electron chi connectivity index (χ3n) is 8.76. The molecule has 4 nitrogen and oxygen atoms in total. The predicted octanol–water partition coefficient (Wildman–Crippen LogP) is 9.26.